The molecule has 0 aliphatic rings. The summed E-state index contributed by atoms with van der Waals surface area (Å²) in [6.45, 7) is 10.1. The average Bonchev–Trinajstić information content (AvgIpc) is 2.13. The van der Waals surface area contributed by atoms with Crippen molar-refractivity contribution in [2.45, 2.75) is 34.6 Å². The van der Waals surface area contributed by atoms with E-state index in [2.05, 4.69) is 13.0 Å². The first-order chi connectivity index (χ1) is 5.39. The van der Waals surface area contributed by atoms with Crippen LogP contribution in [-0.2, 0) is 32.7 Å². The van der Waals surface area contributed by atoms with Crippen molar-refractivity contribution in [3.8, 4) is 0 Å². The van der Waals surface area contributed by atoms with Gasteiger partial charge < -0.3 is 0 Å². The third-order valence-corrected chi connectivity index (χ3v) is 0.885. The number of hydrogen-bond acceptors (Lipinski definition) is 0. The summed E-state index contributed by atoms with van der Waals surface area (Å²) in [5.74, 6) is 0. The Bertz CT molecular complexity index is 135. The Morgan fingerprint density at radius 1 is 0.917 bits per heavy atom. The van der Waals surface area contributed by atoms with Crippen LogP contribution >= 0.6 is 0 Å². The average molecular weight is 240 g/mol. The van der Waals surface area contributed by atoms with Gasteiger partial charge in [0.25, 0.3) is 0 Å². The first kappa shape index (κ1) is 18.2. The molecule has 0 bridgehead atoms. The second kappa shape index (κ2) is 17.4. The van der Waals surface area contributed by atoms with Crippen LogP contribution in [0.25, 0.3) is 0 Å². The van der Waals surface area contributed by atoms with E-state index in [0.717, 1.165) is 0 Å². The van der Waals surface area contributed by atoms with E-state index in [1.165, 1.54) is 5.56 Å². The minimum atomic E-state index is 0. The quantitative estimate of drug-likeness (QED) is 0.604. The van der Waals surface area contributed by atoms with Gasteiger partial charge in [0.05, 0.1) is 0 Å². The molecule has 1 heteroatoms. The third kappa shape index (κ3) is 13.0. The van der Waals surface area contributed by atoms with Crippen molar-refractivity contribution >= 4 is 0 Å². The van der Waals surface area contributed by atoms with E-state index in [1.807, 2.05) is 52.0 Å². The van der Waals surface area contributed by atoms with Crippen LogP contribution in [0.4, 0.5) is 0 Å². The molecule has 0 unspecified atom stereocenters. The Morgan fingerprint density at radius 2 is 1.25 bits per heavy atom. The van der Waals surface area contributed by atoms with Gasteiger partial charge in [0.1, 0.15) is 0 Å². The monoisotopic (exact) mass is 240 g/mol. The zero-order valence-corrected chi connectivity index (χ0v) is 11.7. The van der Waals surface area contributed by atoms with Gasteiger partial charge in [0, 0.05) is 32.7 Å². The van der Waals surface area contributed by atoms with Crippen molar-refractivity contribution in [1.82, 2.24) is 0 Å². The molecule has 1 aromatic rings. The fraction of sp³-hybridized carbons (Fsp3) is 0.455. The second-order valence-corrected chi connectivity index (χ2v) is 1.58. The van der Waals surface area contributed by atoms with Crippen molar-refractivity contribution in [1.29, 1.82) is 0 Å². The fourth-order valence-corrected chi connectivity index (χ4v) is 0.470. The van der Waals surface area contributed by atoms with Gasteiger partial charge in [-0.05, 0) is 0 Å². The SMILES string of the molecule is CC.CC.Cc1cc[c-]cc1.[Y]. The Labute approximate surface area is 103 Å². The Morgan fingerprint density at radius 3 is 1.42 bits per heavy atom. The molecule has 0 atom stereocenters. The molecule has 0 amide bonds. The molecule has 1 rings (SSSR count). The maximum absolute atomic E-state index is 2.93. The van der Waals surface area contributed by atoms with Gasteiger partial charge in [0.2, 0.25) is 0 Å². The van der Waals surface area contributed by atoms with Crippen LogP contribution in [0, 0.1) is 13.0 Å². The fourth-order valence-electron chi connectivity index (χ4n) is 0.470. The summed E-state index contributed by atoms with van der Waals surface area (Å²) in [7, 11) is 0. The van der Waals surface area contributed by atoms with Crippen LogP contribution in [-0.4, -0.2) is 0 Å². The molecule has 0 aliphatic carbocycles. The Hall–Kier alpha value is 0.324. The number of rotatable bonds is 0. The van der Waals surface area contributed by atoms with Gasteiger partial charge in [-0.15, -0.1) is 0 Å². The van der Waals surface area contributed by atoms with E-state index in [4.69, 9.17) is 0 Å². The van der Waals surface area contributed by atoms with Crippen molar-refractivity contribution in [2.75, 3.05) is 0 Å². The van der Waals surface area contributed by atoms with Crippen LogP contribution < -0.4 is 0 Å². The molecule has 12 heavy (non-hydrogen) atoms. The van der Waals surface area contributed by atoms with Gasteiger partial charge in [0.15, 0.2) is 0 Å². The van der Waals surface area contributed by atoms with Crippen LogP contribution in [0.5, 0.6) is 0 Å². The number of hydrogen-bond donors (Lipinski definition) is 0. The van der Waals surface area contributed by atoms with E-state index in [1.54, 1.807) is 0 Å². The summed E-state index contributed by atoms with van der Waals surface area (Å²) in [6.07, 6.45) is 0. The Balaban J connectivity index is -0.000000144. The van der Waals surface area contributed by atoms with E-state index in [-0.39, 0.29) is 32.7 Å². The summed E-state index contributed by atoms with van der Waals surface area (Å²) in [6, 6.07) is 10.8. The van der Waals surface area contributed by atoms with Gasteiger partial charge in [-0.25, -0.2) is 0 Å². The number of benzene rings is 1. The largest absolute Gasteiger partial charge is 0.184 e. The molecule has 0 nitrogen and oxygen atoms in total. The first-order valence-electron chi connectivity index (χ1n) is 4.32. The molecular weight excluding hydrogens is 221 g/mol. The molecule has 0 fully saturated rings. The van der Waals surface area contributed by atoms with Crippen molar-refractivity contribution < 1.29 is 32.7 Å². The molecule has 0 saturated carbocycles. The van der Waals surface area contributed by atoms with Gasteiger partial charge in [-0.1, -0.05) is 34.6 Å². The smallest absolute Gasteiger partial charge is 0 e. The summed E-state index contributed by atoms with van der Waals surface area (Å²) in [5.41, 5.74) is 1.29. The first-order valence-corrected chi connectivity index (χ1v) is 4.32. The molecule has 0 heterocycles. The van der Waals surface area contributed by atoms with E-state index >= 15 is 0 Å². The van der Waals surface area contributed by atoms with Crippen molar-refractivity contribution in [3.05, 3.63) is 35.9 Å². The molecular formula is C11H19Y-. The number of aryl methyl sites for hydroxylation is 1. The van der Waals surface area contributed by atoms with E-state index < -0.39 is 0 Å². The maximum Gasteiger partial charge on any atom is 0 e. The summed E-state index contributed by atoms with van der Waals surface area (Å²) in [5, 5.41) is 0. The zero-order valence-electron chi connectivity index (χ0n) is 8.89. The molecule has 67 valence electrons. The molecule has 0 saturated heterocycles. The second-order valence-electron chi connectivity index (χ2n) is 1.58. The zero-order chi connectivity index (χ0) is 9.11. The molecule has 1 radical (unpaired) electrons. The van der Waals surface area contributed by atoms with E-state index in [0.29, 0.717) is 0 Å². The minimum Gasteiger partial charge on any atom is -0.184 e. The standard InChI is InChI=1S/C7H7.2C2H6.Y/c1-7-5-3-2-4-6-7;2*1-2;/h3-6H,1H3;2*1-2H3;/q-1;;;. The van der Waals surface area contributed by atoms with Crippen LogP contribution in [0.2, 0.25) is 0 Å². The molecule has 1 aromatic carbocycles. The topological polar surface area (TPSA) is 0 Å². The maximum atomic E-state index is 2.93. The van der Waals surface area contributed by atoms with Crippen molar-refractivity contribution in [2.24, 2.45) is 0 Å². The summed E-state index contributed by atoms with van der Waals surface area (Å²) >= 11 is 0. The van der Waals surface area contributed by atoms with Crippen molar-refractivity contribution in [3.63, 3.8) is 0 Å². The molecule has 0 aliphatic heterocycles. The van der Waals surface area contributed by atoms with Gasteiger partial charge >= 0.3 is 0 Å². The van der Waals surface area contributed by atoms with Crippen LogP contribution in [0.1, 0.15) is 33.3 Å². The van der Waals surface area contributed by atoms with Crippen LogP contribution in [0.3, 0.4) is 0 Å². The molecule has 0 aromatic heterocycles. The van der Waals surface area contributed by atoms with E-state index in [9.17, 15) is 0 Å². The van der Waals surface area contributed by atoms with Gasteiger partial charge in [-0.2, -0.15) is 35.9 Å². The predicted octanol–water partition coefficient (Wildman–Crippen LogP) is 3.85. The third-order valence-electron chi connectivity index (χ3n) is 0.885. The normalized spacial score (nSPS) is 6.08. The molecule has 0 N–H and O–H groups in total. The van der Waals surface area contributed by atoms with Crippen LogP contribution in [0.15, 0.2) is 24.3 Å². The summed E-state index contributed by atoms with van der Waals surface area (Å²) in [4.78, 5) is 0. The predicted molar refractivity (Wildman–Crippen MR) is 52.7 cm³/mol. The molecule has 0 spiro atoms. The minimum absolute atomic E-state index is 0. The Kier molecular flexibility index (Phi) is 26.4. The van der Waals surface area contributed by atoms with Gasteiger partial charge in [-0.3, -0.25) is 0 Å². The summed E-state index contributed by atoms with van der Waals surface area (Å²) < 4.78 is 0.